The summed E-state index contributed by atoms with van der Waals surface area (Å²) in [6, 6.07) is 0. The van der Waals surface area contributed by atoms with Crippen LogP contribution in [0.1, 0.15) is 6.23 Å². The summed E-state index contributed by atoms with van der Waals surface area (Å²) in [6.07, 6.45) is -3.73. The summed E-state index contributed by atoms with van der Waals surface area (Å²) in [6.45, 7) is -0.513. The highest BCUT2D eigenvalue weighted by Gasteiger charge is 2.44. The van der Waals surface area contributed by atoms with Crippen molar-refractivity contribution in [1.29, 1.82) is 0 Å². The van der Waals surface area contributed by atoms with Crippen LogP contribution in [0.15, 0.2) is 11.4 Å². The van der Waals surface area contributed by atoms with Crippen molar-refractivity contribution in [1.82, 2.24) is 19.5 Å². The lowest BCUT2D eigenvalue weighted by Crippen LogP contribution is -2.33. The van der Waals surface area contributed by atoms with Gasteiger partial charge in [0.15, 0.2) is 11.9 Å². The Bertz CT molecular complexity index is 853. The normalized spacial score (nSPS) is 28.5. The van der Waals surface area contributed by atoms with Gasteiger partial charge in [-0.15, -0.1) is 0 Å². The van der Waals surface area contributed by atoms with Gasteiger partial charge < -0.3 is 25.8 Å². The highest BCUT2D eigenvalue weighted by Crippen LogP contribution is 2.32. The van der Waals surface area contributed by atoms with Gasteiger partial charge in [0.25, 0.3) is 10.0 Å². The number of hydrogen-bond donors (Lipinski definition) is 5. The molecule has 0 spiro atoms. The number of imidazole rings is 1. The van der Waals surface area contributed by atoms with E-state index >= 15 is 0 Å². The highest BCUT2D eigenvalue weighted by atomic mass is 32.2. The molecule has 2 aromatic heterocycles. The van der Waals surface area contributed by atoms with Crippen molar-refractivity contribution in [3.8, 4) is 0 Å². The Labute approximate surface area is 129 Å². The molecule has 0 amide bonds. The van der Waals surface area contributed by atoms with Gasteiger partial charge in [-0.25, -0.2) is 18.5 Å². The van der Waals surface area contributed by atoms with Crippen LogP contribution in [0.5, 0.6) is 0 Å². The smallest absolute Gasteiger partial charge is 0.258 e. The van der Waals surface area contributed by atoms with Gasteiger partial charge in [-0.05, 0) is 0 Å². The predicted octanol–water partition coefficient (Wildman–Crippen LogP) is -3.33. The second kappa shape index (κ2) is 5.33. The van der Waals surface area contributed by atoms with Gasteiger partial charge >= 0.3 is 0 Å². The summed E-state index contributed by atoms with van der Waals surface area (Å²) in [5.74, 6) is -0.366. The monoisotopic (exact) mass is 346 g/mol. The number of anilines is 1. The fourth-order valence-electron chi connectivity index (χ4n) is 2.40. The lowest BCUT2D eigenvalue weighted by Gasteiger charge is -2.16. The highest BCUT2D eigenvalue weighted by molar-refractivity contribution is 7.89. The molecule has 1 unspecified atom stereocenters. The van der Waals surface area contributed by atoms with Crippen molar-refractivity contribution in [2.45, 2.75) is 29.6 Å². The van der Waals surface area contributed by atoms with E-state index in [4.69, 9.17) is 20.7 Å². The van der Waals surface area contributed by atoms with Crippen LogP contribution >= 0.6 is 0 Å². The van der Waals surface area contributed by atoms with Crippen LogP contribution in [0, 0.1) is 0 Å². The van der Waals surface area contributed by atoms with Crippen molar-refractivity contribution >= 4 is 27.1 Å². The maximum Gasteiger partial charge on any atom is 0.258 e. The van der Waals surface area contributed by atoms with Crippen LogP contribution < -0.4 is 10.9 Å². The number of nitrogen functional groups attached to an aromatic ring is 1. The first kappa shape index (κ1) is 16.0. The number of nitrogens with two attached hydrogens (primary N) is 2. The molecule has 4 atom stereocenters. The molecule has 13 heteroatoms. The van der Waals surface area contributed by atoms with Gasteiger partial charge in [0.2, 0.25) is 11.0 Å². The summed E-state index contributed by atoms with van der Waals surface area (Å²) >= 11 is 0. The summed E-state index contributed by atoms with van der Waals surface area (Å²) in [5.41, 5.74) is 5.29. The van der Waals surface area contributed by atoms with Gasteiger partial charge in [0.1, 0.15) is 23.8 Å². The molecular formula is C10H14N6O6S. The van der Waals surface area contributed by atoms with E-state index in [2.05, 4.69) is 15.0 Å². The Morgan fingerprint density at radius 2 is 2.00 bits per heavy atom. The maximum atomic E-state index is 11.6. The van der Waals surface area contributed by atoms with E-state index in [9.17, 15) is 18.6 Å². The summed E-state index contributed by atoms with van der Waals surface area (Å²) in [4.78, 5) is 11.3. The third-order valence-corrected chi connectivity index (χ3v) is 4.29. The molecule has 1 aliphatic heterocycles. The van der Waals surface area contributed by atoms with Crippen LogP contribution in [0.3, 0.4) is 0 Å². The number of sulfonamides is 1. The standard InChI is InChI=1S/C10H14N6O6S/c11-10-14-7-4(8(15-10)23(12,20)21)13-2-16(7)9-6(19)5(18)3(1-17)22-9/h2-3,5-6,9,17-19H,1H2,(H2,11,14,15)(H2,12,20,21)/t3-,5-,6-,9?/m0/s1. The van der Waals surface area contributed by atoms with Crippen molar-refractivity contribution < 1.29 is 28.5 Å². The van der Waals surface area contributed by atoms with E-state index < -0.39 is 46.2 Å². The molecule has 12 nitrogen and oxygen atoms in total. The summed E-state index contributed by atoms with van der Waals surface area (Å²) in [7, 11) is -4.20. The number of aliphatic hydroxyl groups is 3. The van der Waals surface area contributed by atoms with Crippen LogP contribution in [-0.4, -0.2) is 68.2 Å². The van der Waals surface area contributed by atoms with Crippen LogP contribution in [0.4, 0.5) is 5.95 Å². The Hall–Kier alpha value is -1.90. The largest absolute Gasteiger partial charge is 0.394 e. The number of rotatable bonds is 3. The Morgan fingerprint density at radius 3 is 2.57 bits per heavy atom. The third-order valence-electron chi connectivity index (χ3n) is 3.47. The molecule has 0 radical (unpaired) electrons. The fraction of sp³-hybridized carbons (Fsp3) is 0.500. The second-order valence-electron chi connectivity index (χ2n) is 4.98. The molecule has 1 fully saturated rings. The fourth-order valence-corrected chi connectivity index (χ4v) is 3.04. The SMILES string of the molecule is Nc1nc(S(N)(=O)=O)c2ncn(C3O[C@@H](CO)[C@H](O)[C@@H]3O)c2n1. The molecule has 0 saturated carbocycles. The second-order valence-corrected chi connectivity index (χ2v) is 6.46. The third kappa shape index (κ3) is 2.52. The van der Waals surface area contributed by atoms with Crippen molar-refractivity contribution in [3.05, 3.63) is 6.33 Å². The zero-order chi connectivity index (χ0) is 16.9. The molecule has 126 valence electrons. The van der Waals surface area contributed by atoms with Crippen LogP contribution in [0.2, 0.25) is 0 Å². The number of primary sulfonamides is 1. The molecular weight excluding hydrogens is 332 g/mol. The Morgan fingerprint density at radius 1 is 1.30 bits per heavy atom. The van der Waals surface area contributed by atoms with E-state index in [-0.39, 0.29) is 17.1 Å². The molecule has 1 saturated heterocycles. The zero-order valence-electron chi connectivity index (χ0n) is 11.5. The van der Waals surface area contributed by atoms with Crippen molar-refractivity contribution in [2.75, 3.05) is 12.3 Å². The lowest BCUT2D eigenvalue weighted by atomic mass is 10.1. The van der Waals surface area contributed by atoms with E-state index in [1.165, 1.54) is 4.57 Å². The molecule has 2 aromatic rings. The number of aromatic nitrogens is 4. The van der Waals surface area contributed by atoms with Gasteiger partial charge in [-0.3, -0.25) is 4.57 Å². The average Bonchev–Trinajstić information content (AvgIpc) is 3.00. The first-order chi connectivity index (χ1) is 10.7. The number of fused-ring (bicyclic) bond motifs is 1. The van der Waals surface area contributed by atoms with Crippen molar-refractivity contribution in [3.63, 3.8) is 0 Å². The quantitative estimate of drug-likeness (QED) is 0.350. The predicted molar refractivity (Wildman–Crippen MR) is 74.1 cm³/mol. The van der Waals surface area contributed by atoms with Gasteiger partial charge in [-0.2, -0.15) is 9.97 Å². The summed E-state index contributed by atoms with van der Waals surface area (Å²) in [5, 5.41) is 33.5. The van der Waals surface area contributed by atoms with E-state index in [0.717, 1.165) is 6.33 Å². The molecule has 1 aliphatic rings. The first-order valence-corrected chi connectivity index (χ1v) is 7.94. The lowest BCUT2D eigenvalue weighted by molar-refractivity contribution is -0.0511. The van der Waals surface area contributed by atoms with Gasteiger partial charge in [0, 0.05) is 0 Å². The number of hydrogen-bond acceptors (Lipinski definition) is 10. The minimum Gasteiger partial charge on any atom is -0.394 e. The molecule has 23 heavy (non-hydrogen) atoms. The number of aliphatic hydroxyl groups excluding tert-OH is 3. The molecule has 0 aromatic carbocycles. The Balaban J connectivity index is 2.16. The topological polar surface area (TPSA) is 200 Å². The average molecular weight is 346 g/mol. The maximum absolute atomic E-state index is 11.6. The van der Waals surface area contributed by atoms with Crippen LogP contribution in [0.25, 0.3) is 11.2 Å². The van der Waals surface area contributed by atoms with E-state index in [0.29, 0.717) is 0 Å². The Kier molecular flexibility index (Phi) is 3.70. The number of nitrogens with zero attached hydrogens (tertiary/aromatic N) is 4. The molecule has 3 rings (SSSR count). The number of ether oxygens (including phenoxy) is 1. The van der Waals surface area contributed by atoms with Crippen molar-refractivity contribution in [2.24, 2.45) is 5.14 Å². The molecule has 0 bridgehead atoms. The van der Waals surface area contributed by atoms with Gasteiger partial charge in [0.05, 0.1) is 12.9 Å². The first-order valence-electron chi connectivity index (χ1n) is 6.39. The molecule has 0 aliphatic carbocycles. The summed E-state index contributed by atoms with van der Waals surface area (Å²) < 4.78 is 29.7. The van der Waals surface area contributed by atoms with E-state index in [1.807, 2.05) is 0 Å². The molecule has 7 N–H and O–H groups in total. The minimum absolute atomic E-state index is 0.0450. The minimum atomic E-state index is -4.20. The van der Waals surface area contributed by atoms with Gasteiger partial charge in [-0.1, -0.05) is 0 Å². The molecule has 3 heterocycles. The van der Waals surface area contributed by atoms with E-state index in [1.54, 1.807) is 0 Å². The zero-order valence-corrected chi connectivity index (χ0v) is 12.3. The van der Waals surface area contributed by atoms with Crippen LogP contribution in [-0.2, 0) is 14.8 Å².